The first-order valence-corrected chi connectivity index (χ1v) is 6.07. The van der Waals surface area contributed by atoms with E-state index in [-0.39, 0.29) is 5.54 Å². The number of rotatable bonds is 5. The number of nitrogens with two attached hydrogens (primary N) is 1. The van der Waals surface area contributed by atoms with E-state index in [0.717, 1.165) is 36.5 Å². The second kappa shape index (κ2) is 4.76. The molecule has 0 spiro atoms. The van der Waals surface area contributed by atoms with Crippen molar-refractivity contribution in [3.8, 4) is 0 Å². The van der Waals surface area contributed by atoms with Crippen molar-refractivity contribution in [2.45, 2.75) is 52.5 Å². The van der Waals surface area contributed by atoms with Gasteiger partial charge in [-0.3, -0.25) is 4.68 Å². The molecule has 1 rings (SSSR count). The maximum atomic E-state index is 6.09. The van der Waals surface area contributed by atoms with Gasteiger partial charge in [0.2, 0.25) is 0 Å². The average molecular weight is 224 g/mol. The summed E-state index contributed by atoms with van der Waals surface area (Å²) in [7, 11) is 1.93. The maximum absolute atomic E-state index is 6.09. The second-order valence-electron chi connectivity index (χ2n) is 4.58. The van der Waals surface area contributed by atoms with E-state index in [2.05, 4.69) is 38.1 Å². The summed E-state index contributed by atoms with van der Waals surface area (Å²) in [6, 6.07) is 0. The first kappa shape index (κ1) is 12.9. The van der Waals surface area contributed by atoms with Crippen LogP contribution < -0.4 is 11.1 Å². The van der Waals surface area contributed by atoms with Crippen molar-refractivity contribution in [1.29, 1.82) is 0 Å². The second-order valence-corrected chi connectivity index (χ2v) is 4.58. The highest BCUT2D eigenvalue weighted by molar-refractivity contribution is 5.65. The Kier molecular flexibility index (Phi) is 3.83. The monoisotopic (exact) mass is 224 g/mol. The molecule has 16 heavy (non-hydrogen) atoms. The number of aryl methyl sites for hydroxylation is 2. The molecule has 0 aromatic carbocycles. The van der Waals surface area contributed by atoms with E-state index >= 15 is 0 Å². The minimum absolute atomic E-state index is 0.0902. The highest BCUT2D eigenvalue weighted by Crippen LogP contribution is 2.28. The molecular formula is C12H24N4. The summed E-state index contributed by atoms with van der Waals surface area (Å²) < 4.78 is 1.84. The molecule has 0 saturated carbocycles. The number of anilines is 2. The van der Waals surface area contributed by atoms with E-state index in [1.165, 1.54) is 0 Å². The van der Waals surface area contributed by atoms with E-state index in [1.54, 1.807) is 0 Å². The summed E-state index contributed by atoms with van der Waals surface area (Å²) in [5, 5.41) is 7.93. The van der Waals surface area contributed by atoms with Crippen molar-refractivity contribution >= 4 is 11.5 Å². The highest BCUT2D eigenvalue weighted by atomic mass is 15.3. The molecule has 0 aliphatic heterocycles. The Morgan fingerprint density at radius 3 is 2.25 bits per heavy atom. The first-order valence-electron chi connectivity index (χ1n) is 6.07. The lowest BCUT2D eigenvalue weighted by Gasteiger charge is -2.29. The van der Waals surface area contributed by atoms with Crippen LogP contribution in [0.15, 0.2) is 0 Å². The van der Waals surface area contributed by atoms with Crippen LogP contribution in [-0.4, -0.2) is 15.3 Å². The van der Waals surface area contributed by atoms with Crippen LogP contribution in [0.4, 0.5) is 11.5 Å². The zero-order chi connectivity index (χ0) is 12.3. The first-order chi connectivity index (χ1) is 7.47. The number of hydrogen-bond donors (Lipinski definition) is 2. The lowest BCUT2D eigenvalue weighted by molar-refractivity contribution is 0.473. The van der Waals surface area contributed by atoms with Crippen molar-refractivity contribution < 1.29 is 0 Å². The van der Waals surface area contributed by atoms with Gasteiger partial charge in [-0.1, -0.05) is 20.8 Å². The Morgan fingerprint density at radius 2 is 1.88 bits per heavy atom. The van der Waals surface area contributed by atoms with Crippen molar-refractivity contribution in [3.05, 3.63) is 5.69 Å². The van der Waals surface area contributed by atoms with Crippen LogP contribution >= 0.6 is 0 Å². The molecule has 0 aliphatic rings. The molecule has 4 nitrogen and oxygen atoms in total. The van der Waals surface area contributed by atoms with Crippen LogP contribution in [0, 0.1) is 0 Å². The lowest BCUT2D eigenvalue weighted by atomic mass is 9.95. The molecule has 0 radical (unpaired) electrons. The normalized spacial score (nSPS) is 11.8. The standard InChI is InChI=1S/C12H24N4/c1-6-9-10(13)11(16(5)15-9)14-12(4,7-2)8-3/h14H,6-8,13H2,1-5H3. The topological polar surface area (TPSA) is 55.9 Å². The van der Waals surface area contributed by atoms with Crippen LogP contribution in [0.3, 0.4) is 0 Å². The van der Waals surface area contributed by atoms with Crippen molar-refractivity contribution in [2.24, 2.45) is 7.05 Å². The predicted molar refractivity (Wildman–Crippen MR) is 69.6 cm³/mol. The van der Waals surface area contributed by atoms with Gasteiger partial charge in [0, 0.05) is 12.6 Å². The van der Waals surface area contributed by atoms with Gasteiger partial charge in [0.15, 0.2) is 0 Å². The largest absolute Gasteiger partial charge is 0.394 e. The van der Waals surface area contributed by atoms with Crippen LogP contribution in [-0.2, 0) is 13.5 Å². The molecule has 4 heteroatoms. The van der Waals surface area contributed by atoms with Crippen molar-refractivity contribution in [2.75, 3.05) is 11.1 Å². The van der Waals surface area contributed by atoms with E-state index in [0.29, 0.717) is 0 Å². The fraction of sp³-hybridized carbons (Fsp3) is 0.750. The van der Waals surface area contributed by atoms with Crippen LogP contribution in [0.25, 0.3) is 0 Å². The molecule has 0 unspecified atom stereocenters. The van der Waals surface area contributed by atoms with Crippen molar-refractivity contribution in [1.82, 2.24) is 9.78 Å². The molecular weight excluding hydrogens is 200 g/mol. The number of nitrogen functional groups attached to an aromatic ring is 1. The Hall–Kier alpha value is -1.19. The van der Waals surface area contributed by atoms with Crippen LogP contribution in [0.5, 0.6) is 0 Å². The lowest BCUT2D eigenvalue weighted by Crippen LogP contribution is -2.34. The van der Waals surface area contributed by atoms with Gasteiger partial charge in [-0.15, -0.1) is 0 Å². The third-order valence-electron chi connectivity index (χ3n) is 3.48. The summed E-state index contributed by atoms with van der Waals surface area (Å²) >= 11 is 0. The fourth-order valence-corrected chi connectivity index (χ4v) is 1.72. The van der Waals surface area contributed by atoms with Crippen LogP contribution in [0.1, 0.15) is 46.2 Å². The van der Waals surface area contributed by atoms with E-state index in [9.17, 15) is 0 Å². The average Bonchev–Trinajstić information content (AvgIpc) is 2.56. The molecule has 0 amide bonds. The minimum Gasteiger partial charge on any atom is -0.394 e. The van der Waals surface area contributed by atoms with Gasteiger partial charge in [-0.2, -0.15) is 5.10 Å². The zero-order valence-corrected chi connectivity index (χ0v) is 11.1. The molecule has 92 valence electrons. The number of hydrogen-bond acceptors (Lipinski definition) is 3. The quantitative estimate of drug-likeness (QED) is 0.808. The van der Waals surface area contributed by atoms with Gasteiger partial charge in [-0.05, 0) is 26.2 Å². The Bertz CT molecular complexity index is 350. The smallest absolute Gasteiger partial charge is 0.148 e. The van der Waals surface area contributed by atoms with Gasteiger partial charge < -0.3 is 11.1 Å². The van der Waals surface area contributed by atoms with Gasteiger partial charge >= 0.3 is 0 Å². The summed E-state index contributed by atoms with van der Waals surface area (Å²) in [4.78, 5) is 0. The van der Waals surface area contributed by atoms with E-state index < -0.39 is 0 Å². The van der Waals surface area contributed by atoms with Crippen molar-refractivity contribution in [3.63, 3.8) is 0 Å². The Morgan fingerprint density at radius 1 is 1.31 bits per heavy atom. The Labute approximate surface area is 98.2 Å². The predicted octanol–water partition coefficient (Wildman–Crippen LogP) is 2.56. The summed E-state index contributed by atoms with van der Waals surface area (Å²) in [5.41, 5.74) is 7.94. The number of aromatic nitrogens is 2. The molecule has 1 aromatic heterocycles. The molecule has 0 fully saturated rings. The fourth-order valence-electron chi connectivity index (χ4n) is 1.72. The summed E-state index contributed by atoms with van der Waals surface area (Å²) in [6.45, 7) is 8.65. The van der Waals surface area contributed by atoms with E-state index in [1.807, 2.05) is 11.7 Å². The third-order valence-corrected chi connectivity index (χ3v) is 3.48. The molecule has 3 N–H and O–H groups in total. The number of nitrogens with one attached hydrogen (secondary N) is 1. The molecule has 0 bridgehead atoms. The molecule has 1 aromatic rings. The maximum Gasteiger partial charge on any atom is 0.148 e. The van der Waals surface area contributed by atoms with Crippen LogP contribution in [0.2, 0.25) is 0 Å². The van der Waals surface area contributed by atoms with Gasteiger partial charge in [0.1, 0.15) is 5.82 Å². The summed E-state index contributed by atoms with van der Waals surface area (Å²) in [6.07, 6.45) is 3.00. The molecule has 0 aliphatic carbocycles. The molecule has 0 atom stereocenters. The van der Waals surface area contributed by atoms with Gasteiger partial charge in [0.25, 0.3) is 0 Å². The SMILES string of the molecule is CCc1nn(C)c(NC(C)(CC)CC)c1N. The minimum atomic E-state index is 0.0902. The van der Waals surface area contributed by atoms with Gasteiger partial charge in [-0.25, -0.2) is 0 Å². The third kappa shape index (κ3) is 2.31. The number of nitrogens with zero attached hydrogens (tertiary/aromatic N) is 2. The molecule has 0 saturated heterocycles. The van der Waals surface area contributed by atoms with E-state index in [4.69, 9.17) is 5.73 Å². The highest BCUT2D eigenvalue weighted by Gasteiger charge is 2.23. The Balaban J connectivity index is 3.01. The van der Waals surface area contributed by atoms with Gasteiger partial charge in [0.05, 0.1) is 11.4 Å². The zero-order valence-electron chi connectivity index (χ0n) is 11.1. The summed E-state index contributed by atoms with van der Waals surface area (Å²) in [5.74, 6) is 0.947. The molecule has 1 heterocycles.